The molecule has 1 unspecified atom stereocenters. The van der Waals surface area contributed by atoms with Crippen LogP contribution < -0.4 is 0 Å². The van der Waals surface area contributed by atoms with E-state index in [4.69, 9.17) is 14.2 Å². The molecule has 0 aliphatic heterocycles. The van der Waals surface area contributed by atoms with Crippen molar-refractivity contribution in [3.8, 4) is 0 Å². The molecule has 0 rings (SSSR count). The van der Waals surface area contributed by atoms with E-state index in [1.807, 2.05) is 0 Å². The standard InChI is InChI=1S/C68H114O6/c1-4-7-10-13-16-19-22-25-27-29-31-32-33-34-35-36-37-39-40-43-46-49-52-55-58-61-67(70)73-64-65(63-72-66(69)60-57-54-51-48-45-42-24-21-18-15-12-9-6-3)74-68(71)62-59-56-53-50-47-44-41-38-30-28-26-23-20-17-14-11-8-5-2/h7,10,12,15-16,19-21,23-25,27-28,30-32,34-35,65H,4-6,8-9,11,13-14,17-18,22,26,29,33,36-64H2,1-3H3/b10-7-,15-12-,19-16-,23-20-,24-21-,27-25-,30-28-,32-31-,35-34-. The second kappa shape index (κ2) is 61.6. The van der Waals surface area contributed by atoms with E-state index in [-0.39, 0.29) is 31.1 Å². The van der Waals surface area contributed by atoms with Crippen molar-refractivity contribution in [1.29, 1.82) is 0 Å². The molecule has 6 nitrogen and oxygen atoms in total. The summed E-state index contributed by atoms with van der Waals surface area (Å²) >= 11 is 0. The Kier molecular flexibility index (Phi) is 58.3. The fourth-order valence-electron chi connectivity index (χ4n) is 8.36. The van der Waals surface area contributed by atoms with Crippen molar-refractivity contribution >= 4 is 17.9 Å². The van der Waals surface area contributed by atoms with Crippen LogP contribution in [-0.4, -0.2) is 37.2 Å². The molecule has 0 saturated carbocycles. The molecule has 0 aliphatic rings. The van der Waals surface area contributed by atoms with E-state index in [0.717, 1.165) is 141 Å². The minimum atomic E-state index is -0.793. The summed E-state index contributed by atoms with van der Waals surface area (Å²) in [4.78, 5) is 38.3. The van der Waals surface area contributed by atoms with Crippen molar-refractivity contribution in [3.05, 3.63) is 109 Å². The van der Waals surface area contributed by atoms with Gasteiger partial charge < -0.3 is 14.2 Å². The van der Waals surface area contributed by atoms with Gasteiger partial charge in [0, 0.05) is 19.3 Å². The second-order valence-corrected chi connectivity index (χ2v) is 20.2. The first-order valence-electron chi connectivity index (χ1n) is 30.9. The first-order valence-corrected chi connectivity index (χ1v) is 30.9. The van der Waals surface area contributed by atoms with Gasteiger partial charge in [0.05, 0.1) is 0 Å². The van der Waals surface area contributed by atoms with Crippen LogP contribution in [0.4, 0.5) is 0 Å². The monoisotopic (exact) mass is 1030 g/mol. The lowest BCUT2D eigenvalue weighted by Gasteiger charge is -2.18. The summed E-state index contributed by atoms with van der Waals surface area (Å²) < 4.78 is 16.9. The van der Waals surface area contributed by atoms with Crippen LogP contribution in [0.25, 0.3) is 0 Å². The van der Waals surface area contributed by atoms with Crippen LogP contribution in [0.2, 0.25) is 0 Å². The fraction of sp³-hybridized carbons (Fsp3) is 0.691. The van der Waals surface area contributed by atoms with E-state index in [0.29, 0.717) is 19.3 Å². The molecular formula is C68H114O6. The maximum atomic E-state index is 12.9. The maximum absolute atomic E-state index is 12.9. The summed E-state index contributed by atoms with van der Waals surface area (Å²) in [5, 5.41) is 0. The Bertz CT molecular complexity index is 1510. The van der Waals surface area contributed by atoms with Gasteiger partial charge in [-0.05, 0) is 122 Å². The van der Waals surface area contributed by atoms with E-state index in [9.17, 15) is 14.4 Å². The zero-order valence-electron chi connectivity index (χ0n) is 48.3. The third-order valence-corrected chi connectivity index (χ3v) is 13.0. The molecule has 0 amide bonds. The molecular weight excluding hydrogens is 913 g/mol. The Labute approximate surface area is 457 Å². The van der Waals surface area contributed by atoms with Crippen LogP contribution >= 0.6 is 0 Å². The first-order chi connectivity index (χ1) is 36.5. The van der Waals surface area contributed by atoms with Gasteiger partial charge >= 0.3 is 17.9 Å². The van der Waals surface area contributed by atoms with E-state index in [1.54, 1.807) is 0 Å². The van der Waals surface area contributed by atoms with E-state index in [1.165, 1.54) is 103 Å². The summed E-state index contributed by atoms with van der Waals surface area (Å²) in [6.07, 6.45) is 83.7. The van der Waals surface area contributed by atoms with Crippen LogP contribution in [-0.2, 0) is 28.6 Å². The van der Waals surface area contributed by atoms with Gasteiger partial charge in [0.2, 0.25) is 0 Å². The average molecular weight is 1030 g/mol. The number of rotatable bonds is 55. The Morgan fingerprint density at radius 3 is 0.878 bits per heavy atom. The largest absolute Gasteiger partial charge is 0.462 e. The highest BCUT2D eigenvalue weighted by molar-refractivity contribution is 5.71. The van der Waals surface area contributed by atoms with Crippen molar-refractivity contribution in [2.24, 2.45) is 0 Å². The quantitative estimate of drug-likeness (QED) is 0.0261. The van der Waals surface area contributed by atoms with E-state index < -0.39 is 6.10 Å². The number of unbranched alkanes of at least 4 members (excludes halogenated alkanes) is 26. The molecule has 0 fully saturated rings. The van der Waals surface area contributed by atoms with Gasteiger partial charge in [-0.2, -0.15) is 0 Å². The van der Waals surface area contributed by atoms with Gasteiger partial charge in [-0.3, -0.25) is 14.4 Å². The smallest absolute Gasteiger partial charge is 0.306 e. The molecule has 0 heterocycles. The maximum Gasteiger partial charge on any atom is 0.306 e. The number of carbonyl (C=O) groups excluding carboxylic acids is 3. The van der Waals surface area contributed by atoms with Crippen molar-refractivity contribution < 1.29 is 28.6 Å². The number of esters is 3. The topological polar surface area (TPSA) is 78.9 Å². The molecule has 0 N–H and O–H groups in total. The summed E-state index contributed by atoms with van der Waals surface area (Å²) in [6, 6.07) is 0. The number of ether oxygens (including phenoxy) is 3. The molecule has 0 aromatic carbocycles. The Morgan fingerprint density at radius 1 is 0.284 bits per heavy atom. The third kappa shape index (κ3) is 59.0. The molecule has 0 saturated heterocycles. The van der Waals surface area contributed by atoms with Crippen LogP contribution in [0, 0.1) is 0 Å². The van der Waals surface area contributed by atoms with Crippen LogP contribution in [0.3, 0.4) is 0 Å². The highest BCUT2D eigenvalue weighted by Crippen LogP contribution is 2.15. The summed E-state index contributed by atoms with van der Waals surface area (Å²) in [6.45, 7) is 6.43. The van der Waals surface area contributed by atoms with Gasteiger partial charge in [-0.25, -0.2) is 0 Å². The van der Waals surface area contributed by atoms with Crippen molar-refractivity contribution in [2.45, 2.75) is 290 Å². The first kappa shape index (κ1) is 70.1. The normalized spacial score (nSPS) is 12.9. The number of allylic oxidation sites excluding steroid dienone is 18. The second-order valence-electron chi connectivity index (χ2n) is 20.2. The molecule has 6 heteroatoms. The Hall–Kier alpha value is -3.93. The molecule has 1 atom stereocenters. The third-order valence-electron chi connectivity index (χ3n) is 13.0. The minimum Gasteiger partial charge on any atom is -0.462 e. The van der Waals surface area contributed by atoms with Gasteiger partial charge in [0.25, 0.3) is 0 Å². The minimum absolute atomic E-state index is 0.0899. The van der Waals surface area contributed by atoms with Crippen LogP contribution in [0.5, 0.6) is 0 Å². The molecule has 422 valence electrons. The molecule has 0 spiro atoms. The van der Waals surface area contributed by atoms with Gasteiger partial charge in [0.1, 0.15) is 13.2 Å². The molecule has 0 aromatic heterocycles. The Balaban J connectivity index is 4.36. The fourth-order valence-corrected chi connectivity index (χ4v) is 8.36. The van der Waals surface area contributed by atoms with Gasteiger partial charge in [-0.1, -0.05) is 252 Å². The number of hydrogen-bond donors (Lipinski definition) is 0. The average Bonchev–Trinajstić information content (AvgIpc) is 3.40. The molecule has 74 heavy (non-hydrogen) atoms. The van der Waals surface area contributed by atoms with Crippen molar-refractivity contribution in [1.82, 2.24) is 0 Å². The molecule has 0 bridgehead atoms. The Morgan fingerprint density at radius 2 is 0.554 bits per heavy atom. The highest BCUT2D eigenvalue weighted by atomic mass is 16.6. The summed E-state index contributed by atoms with van der Waals surface area (Å²) in [7, 11) is 0. The lowest BCUT2D eigenvalue weighted by Crippen LogP contribution is -2.30. The lowest BCUT2D eigenvalue weighted by atomic mass is 10.1. The SMILES string of the molecule is CC/C=C\C/C=C\C/C=C\C/C=C\C/C=C\CCCCCCCCCCCC(=O)OCC(COC(=O)CCCCCCC/C=C\C/C=C\CCC)OC(=O)CCCCCCCCC/C=C\C/C=C\CCCCCC. The lowest BCUT2D eigenvalue weighted by molar-refractivity contribution is -0.167. The van der Waals surface area contributed by atoms with Gasteiger partial charge in [0.15, 0.2) is 6.10 Å². The number of hydrogen-bond acceptors (Lipinski definition) is 6. The van der Waals surface area contributed by atoms with Crippen LogP contribution in [0.15, 0.2) is 109 Å². The zero-order valence-corrected chi connectivity index (χ0v) is 48.3. The van der Waals surface area contributed by atoms with Crippen molar-refractivity contribution in [3.63, 3.8) is 0 Å². The molecule has 0 aromatic rings. The highest BCUT2D eigenvalue weighted by Gasteiger charge is 2.19. The predicted octanol–water partition coefficient (Wildman–Crippen LogP) is 21.0. The molecule has 0 radical (unpaired) electrons. The summed E-state index contributed by atoms with van der Waals surface area (Å²) in [5.74, 6) is -0.913. The van der Waals surface area contributed by atoms with Crippen molar-refractivity contribution in [2.75, 3.05) is 13.2 Å². The van der Waals surface area contributed by atoms with Gasteiger partial charge in [-0.15, -0.1) is 0 Å². The molecule has 0 aliphatic carbocycles. The van der Waals surface area contributed by atoms with Crippen LogP contribution in [0.1, 0.15) is 284 Å². The predicted molar refractivity (Wildman–Crippen MR) is 320 cm³/mol. The summed E-state index contributed by atoms with van der Waals surface area (Å²) in [5.41, 5.74) is 0. The van der Waals surface area contributed by atoms with E-state index >= 15 is 0 Å². The zero-order chi connectivity index (χ0) is 53.6. The van der Waals surface area contributed by atoms with E-state index in [2.05, 4.69) is 130 Å². The number of carbonyl (C=O) groups is 3.